The molecular weight excluding hydrogens is 400 g/mol. The normalized spacial score (nSPS) is 30.3. The molecule has 32 heavy (non-hydrogen) atoms. The van der Waals surface area contributed by atoms with Gasteiger partial charge in [-0.25, -0.2) is 0 Å². The van der Waals surface area contributed by atoms with Crippen molar-refractivity contribution in [2.75, 3.05) is 25.1 Å². The third kappa shape index (κ3) is 3.59. The average molecular weight is 433 g/mol. The first-order chi connectivity index (χ1) is 15.6. The van der Waals surface area contributed by atoms with Crippen LogP contribution in [0.15, 0.2) is 30.5 Å². The Morgan fingerprint density at radius 1 is 1.19 bits per heavy atom. The summed E-state index contributed by atoms with van der Waals surface area (Å²) in [5, 5.41) is 3.28. The first kappa shape index (κ1) is 20.2. The minimum atomic E-state index is 0.0183. The number of nitrogens with one attached hydrogen (secondary N) is 1. The van der Waals surface area contributed by atoms with Crippen LogP contribution in [0.5, 0.6) is 0 Å². The molecule has 4 aliphatic rings. The molecule has 0 radical (unpaired) electrons. The average Bonchev–Trinajstić information content (AvgIpc) is 3.52. The van der Waals surface area contributed by atoms with Crippen molar-refractivity contribution in [1.82, 2.24) is 10.3 Å². The maximum absolute atomic E-state index is 13.0. The fraction of sp³-hybridized carbons (Fsp3) is 0.538. The van der Waals surface area contributed by atoms with Gasteiger partial charge in [0.25, 0.3) is 5.91 Å². The van der Waals surface area contributed by atoms with Crippen LogP contribution in [0.2, 0.25) is 0 Å². The second-order valence-electron chi connectivity index (χ2n) is 10.1. The van der Waals surface area contributed by atoms with Crippen LogP contribution in [0.3, 0.4) is 0 Å². The lowest BCUT2D eigenvalue weighted by Crippen LogP contribution is -2.39. The smallest absolute Gasteiger partial charge is 0.253 e. The van der Waals surface area contributed by atoms with Crippen molar-refractivity contribution in [3.63, 3.8) is 0 Å². The van der Waals surface area contributed by atoms with Crippen molar-refractivity contribution in [1.29, 1.82) is 0 Å². The largest absolute Gasteiger partial charge is 0.378 e. The minimum absolute atomic E-state index is 0.0183. The molecule has 1 amide bonds. The van der Waals surface area contributed by atoms with Gasteiger partial charge in [0.1, 0.15) is 0 Å². The van der Waals surface area contributed by atoms with E-state index in [4.69, 9.17) is 10.5 Å². The second kappa shape index (κ2) is 7.85. The van der Waals surface area contributed by atoms with Crippen LogP contribution >= 0.6 is 0 Å². The van der Waals surface area contributed by atoms with Gasteiger partial charge in [-0.05, 0) is 85.3 Å². The molecule has 168 valence electrons. The van der Waals surface area contributed by atoms with Crippen molar-refractivity contribution in [2.24, 2.45) is 11.7 Å². The molecular formula is C26H32N4O2. The zero-order valence-electron chi connectivity index (χ0n) is 18.7. The highest BCUT2D eigenvalue weighted by Gasteiger charge is 2.42. The number of aryl methyl sites for hydroxylation is 2. The molecule has 5 atom stereocenters. The molecule has 1 aliphatic heterocycles. The Bertz CT molecular complexity index is 1050. The lowest BCUT2D eigenvalue weighted by atomic mass is 9.87. The fourth-order valence-corrected chi connectivity index (χ4v) is 6.02. The summed E-state index contributed by atoms with van der Waals surface area (Å²) in [7, 11) is 1.73. The molecule has 1 aromatic carbocycles. The first-order valence-corrected chi connectivity index (χ1v) is 12.0. The molecule has 1 saturated carbocycles. The van der Waals surface area contributed by atoms with E-state index < -0.39 is 0 Å². The molecule has 0 spiro atoms. The third-order valence-electron chi connectivity index (χ3n) is 8.07. The summed E-state index contributed by atoms with van der Waals surface area (Å²) in [6.45, 7) is 1.66. The zero-order chi connectivity index (χ0) is 21.8. The molecule has 2 heterocycles. The van der Waals surface area contributed by atoms with E-state index >= 15 is 0 Å². The highest BCUT2D eigenvalue weighted by molar-refractivity contribution is 5.94. The molecule has 6 rings (SSSR count). The lowest BCUT2D eigenvalue weighted by Gasteiger charge is -2.27. The van der Waals surface area contributed by atoms with Gasteiger partial charge < -0.3 is 20.7 Å². The molecule has 2 aromatic rings. The van der Waals surface area contributed by atoms with Gasteiger partial charge >= 0.3 is 0 Å². The summed E-state index contributed by atoms with van der Waals surface area (Å²) in [6.07, 6.45) is 8.29. The summed E-state index contributed by atoms with van der Waals surface area (Å²) in [6, 6.07) is 9.05. The van der Waals surface area contributed by atoms with Gasteiger partial charge in [-0.15, -0.1) is 0 Å². The number of rotatable bonds is 4. The molecule has 1 saturated heterocycles. The zero-order valence-corrected chi connectivity index (χ0v) is 18.7. The highest BCUT2D eigenvalue weighted by atomic mass is 16.5. The van der Waals surface area contributed by atoms with Crippen LogP contribution < -0.4 is 16.0 Å². The van der Waals surface area contributed by atoms with Crippen LogP contribution in [0.4, 0.5) is 5.69 Å². The maximum atomic E-state index is 13.0. The monoisotopic (exact) mass is 432 g/mol. The van der Waals surface area contributed by atoms with E-state index in [2.05, 4.69) is 39.5 Å². The number of benzene rings is 1. The number of methoxy groups -OCH3 is 1. The Labute approximate surface area is 189 Å². The molecule has 6 nitrogen and oxygen atoms in total. The number of pyridine rings is 1. The number of hydrogen-bond acceptors (Lipinski definition) is 5. The summed E-state index contributed by atoms with van der Waals surface area (Å²) >= 11 is 0. The molecule has 3 N–H and O–H groups in total. The number of nitrogens with two attached hydrogens (primary N) is 1. The Hall–Kier alpha value is -2.44. The molecule has 2 unspecified atom stereocenters. The minimum Gasteiger partial charge on any atom is -0.378 e. The number of ether oxygens (including phenoxy) is 1. The van der Waals surface area contributed by atoms with E-state index in [1.165, 1.54) is 40.9 Å². The van der Waals surface area contributed by atoms with Gasteiger partial charge in [0, 0.05) is 43.8 Å². The number of carbonyl (C=O) groups excluding carboxylic acids is 1. The first-order valence-electron chi connectivity index (χ1n) is 12.0. The maximum Gasteiger partial charge on any atom is 0.253 e. The summed E-state index contributed by atoms with van der Waals surface area (Å²) in [5.41, 5.74) is 13.4. The van der Waals surface area contributed by atoms with Crippen LogP contribution in [0.25, 0.3) is 0 Å². The van der Waals surface area contributed by atoms with Crippen LogP contribution in [0, 0.1) is 5.92 Å². The van der Waals surface area contributed by atoms with Crippen molar-refractivity contribution >= 4 is 11.6 Å². The lowest BCUT2D eigenvalue weighted by molar-refractivity contribution is 0.0933. The standard InChI is InChI=1S/C26H32N4O2/c1-32-25-14-30(13-23(25)27)20-6-3-15-8-19(5-2-16(15)9-20)29-26(31)18-11-22-21-10-17(21)4-7-24(22)28-12-18/h3,6,9,11-12,17,19,21,23,25H,2,4-5,7-8,10,13-14,27H2,1H3,(H,29,31)/t17?,19-,21?,23-,25-/m0/s1. The van der Waals surface area contributed by atoms with Crippen LogP contribution in [-0.4, -0.2) is 49.3 Å². The van der Waals surface area contributed by atoms with Crippen molar-refractivity contribution in [2.45, 2.75) is 62.6 Å². The Morgan fingerprint density at radius 3 is 2.94 bits per heavy atom. The number of amides is 1. The van der Waals surface area contributed by atoms with Crippen LogP contribution in [0.1, 0.15) is 57.9 Å². The number of carbonyl (C=O) groups is 1. The number of anilines is 1. The van der Waals surface area contributed by atoms with Gasteiger partial charge in [-0.1, -0.05) is 6.07 Å². The number of aromatic nitrogens is 1. The molecule has 1 aromatic heterocycles. The second-order valence-corrected chi connectivity index (χ2v) is 10.1. The summed E-state index contributed by atoms with van der Waals surface area (Å²) in [4.78, 5) is 19.9. The Kier molecular flexibility index (Phi) is 4.95. The van der Waals surface area contributed by atoms with Crippen molar-refractivity contribution in [3.05, 3.63) is 58.4 Å². The Morgan fingerprint density at radius 2 is 2.09 bits per heavy atom. The van der Waals surface area contributed by atoms with E-state index in [1.54, 1.807) is 13.3 Å². The van der Waals surface area contributed by atoms with Gasteiger partial charge in [0.15, 0.2) is 0 Å². The van der Waals surface area contributed by atoms with Gasteiger partial charge in [0.05, 0.1) is 17.7 Å². The summed E-state index contributed by atoms with van der Waals surface area (Å²) in [5.74, 6) is 1.50. The predicted octanol–water partition coefficient (Wildman–Crippen LogP) is 2.58. The predicted molar refractivity (Wildman–Crippen MR) is 124 cm³/mol. The molecule has 3 aliphatic carbocycles. The number of hydrogen-bond donors (Lipinski definition) is 2. The van der Waals surface area contributed by atoms with E-state index in [0.29, 0.717) is 5.92 Å². The summed E-state index contributed by atoms with van der Waals surface area (Å²) < 4.78 is 5.50. The molecule has 6 heteroatoms. The molecule has 2 fully saturated rings. The third-order valence-corrected chi connectivity index (χ3v) is 8.07. The molecule has 0 bridgehead atoms. The van der Waals surface area contributed by atoms with E-state index in [-0.39, 0.29) is 24.1 Å². The number of fused-ring (bicyclic) bond motifs is 4. The SMILES string of the molecule is CO[C@H]1CN(c2ccc3c(c2)CC[C@H](NC(=O)c2cnc4c(c2)C2CC2CC4)C3)C[C@@H]1N. The topological polar surface area (TPSA) is 80.5 Å². The van der Waals surface area contributed by atoms with E-state index in [0.717, 1.165) is 50.3 Å². The van der Waals surface area contributed by atoms with Gasteiger partial charge in [-0.2, -0.15) is 0 Å². The van der Waals surface area contributed by atoms with Crippen molar-refractivity contribution < 1.29 is 9.53 Å². The van der Waals surface area contributed by atoms with Gasteiger partial charge in [0.2, 0.25) is 0 Å². The van der Waals surface area contributed by atoms with E-state index in [9.17, 15) is 4.79 Å². The Balaban J connectivity index is 1.12. The highest BCUT2D eigenvalue weighted by Crippen LogP contribution is 2.54. The quantitative estimate of drug-likeness (QED) is 0.776. The number of nitrogens with zero attached hydrogens (tertiary/aromatic N) is 2. The van der Waals surface area contributed by atoms with Gasteiger partial charge in [-0.3, -0.25) is 9.78 Å². The van der Waals surface area contributed by atoms with Crippen molar-refractivity contribution in [3.8, 4) is 0 Å². The fourth-order valence-electron chi connectivity index (χ4n) is 6.02. The van der Waals surface area contributed by atoms with Crippen LogP contribution in [-0.2, 0) is 24.0 Å². The van der Waals surface area contributed by atoms with E-state index in [1.807, 2.05) is 0 Å².